The van der Waals surface area contributed by atoms with Gasteiger partial charge in [-0.05, 0) is 43.0 Å². The van der Waals surface area contributed by atoms with Gasteiger partial charge in [-0.3, -0.25) is 9.59 Å². The molecule has 0 spiro atoms. The molecule has 25 heavy (non-hydrogen) atoms. The molecule has 0 bridgehead atoms. The normalized spacial score (nSPS) is 13.7. The first-order valence-electron chi connectivity index (χ1n) is 8.57. The number of benzene rings is 1. The maximum Gasteiger partial charge on any atom is 0.226 e. The zero-order valence-corrected chi connectivity index (χ0v) is 14.9. The van der Waals surface area contributed by atoms with E-state index >= 15 is 0 Å². The molecule has 0 saturated carbocycles. The van der Waals surface area contributed by atoms with E-state index in [0.29, 0.717) is 13.0 Å². The number of fused-ring (bicyclic) bond motifs is 1. The average Bonchev–Trinajstić information content (AvgIpc) is 2.83. The van der Waals surface area contributed by atoms with E-state index in [4.69, 9.17) is 0 Å². The summed E-state index contributed by atoms with van der Waals surface area (Å²) < 4.78 is 15.3. The number of likely N-dealkylation sites (N-methyl/N-ethyl adjacent to an activating group) is 1. The van der Waals surface area contributed by atoms with E-state index in [2.05, 4.69) is 4.57 Å². The Hall–Kier alpha value is -2.43. The van der Waals surface area contributed by atoms with Gasteiger partial charge in [0.05, 0.1) is 6.42 Å². The van der Waals surface area contributed by atoms with E-state index in [1.807, 2.05) is 6.92 Å². The Morgan fingerprint density at radius 1 is 1.20 bits per heavy atom. The van der Waals surface area contributed by atoms with Crippen molar-refractivity contribution in [1.29, 1.82) is 0 Å². The fourth-order valence-corrected chi connectivity index (χ4v) is 3.50. The molecule has 3 rings (SSSR count). The van der Waals surface area contributed by atoms with Crippen molar-refractivity contribution in [1.82, 2.24) is 9.47 Å². The summed E-state index contributed by atoms with van der Waals surface area (Å²) in [7, 11) is 3.45. The van der Waals surface area contributed by atoms with Crippen molar-refractivity contribution in [2.24, 2.45) is 0 Å². The molecule has 1 aliphatic carbocycles. The summed E-state index contributed by atoms with van der Waals surface area (Å²) in [5, 5.41) is 0. The Balaban J connectivity index is 2.04. The molecular weight excluding hydrogens is 319 g/mol. The van der Waals surface area contributed by atoms with Gasteiger partial charge in [-0.25, -0.2) is 4.39 Å². The number of Topliss-reactive ketones (excluding diaryl/α,β-unsaturated/α-hetero) is 1. The summed E-state index contributed by atoms with van der Waals surface area (Å²) in [4.78, 5) is 26.3. The van der Waals surface area contributed by atoms with Gasteiger partial charge in [0, 0.05) is 44.0 Å². The van der Waals surface area contributed by atoms with Gasteiger partial charge in [0.1, 0.15) is 5.82 Å². The maximum atomic E-state index is 13.2. The molecule has 0 aliphatic heterocycles. The zero-order chi connectivity index (χ0) is 18.1. The summed E-state index contributed by atoms with van der Waals surface area (Å²) in [6.45, 7) is 2.55. The third kappa shape index (κ3) is 3.36. The van der Waals surface area contributed by atoms with Gasteiger partial charge in [0.25, 0.3) is 0 Å². The largest absolute Gasteiger partial charge is 0.349 e. The van der Waals surface area contributed by atoms with Gasteiger partial charge in [0.15, 0.2) is 5.78 Å². The monoisotopic (exact) mass is 342 g/mol. The molecule has 0 saturated heterocycles. The lowest BCUT2D eigenvalue weighted by molar-refractivity contribution is -0.127. The van der Waals surface area contributed by atoms with E-state index in [0.717, 1.165) is 40.9 Å². The molecule has 0 fully saturated rings. The quantitative estimate of drug-likeness (QED) is 0.857. The highest BCUT2D eigenvalue weighted by atomic mass is 19.1. The first-order valence-corrected chi connectivity index (χ1v) is 8.57. The highest BCUT2D eigenvalue weighted by Gasteiger charge is 2.29. The van der Waals surface area contributed by atoms with Crippen LogP contribution in [0.4, 0.5) is 4.39 Å². The second-order valence-corrected chi connectivity index (χ2v) is 6.84. The van der Waals surface area contributed by atoms with Gasteiger partial charge in [-0.15, -0.1) is 0 Å². The van der Waals surface area contributed by atoms with Gasteiger partial charge in [-0.2, -0.15) is 0 Å². The molecule has 0 unspecified atom stereocenters. The number of carbonyl (C=O) groups excluding carboxylic acids is 2. The number of carbonyl (C=O) groups is 2. The minimum absolute atomic E-state index is 0.0109. The molecule has 1 amide bonds. The van der Waals surface area contributed by atoms with Crippen LogP contribution in [0.15, 0.2) is 24.3 Å². The minimum atomic E-state index is -0.262. The van der Waals surface area contributed by atoms with Gasteiger partial charge < -0.3 is 9.47 Å². The fourth-order valence-electron chi connectivity index (χ4n) is 3.50. The van der Waals surface area contributed by atoms with Crippen LogP contribution in [-0.2, 0) is 24.2 Å². The summed E-state index contributed by atoms with van der Waals surface area (Å²) in [6, 6.07) is 6.41. The van der Waals surface area contributed by atoms with Crippen LogP contribution in [0.25, 0.3) is 0 Å². The molecule has 0 N–H and O–H groups in total. The van der Waals surface area contributed by atoms with E-state index in [9.17, 15) is 14.0 Å². The number of hydrogen-bond acceptors (Lipinski definition) is 2. The number of ketones is 1. The first-order chi connectivity index (χ1) is 11.9. The highest BCUT2D eigenvalue weighted by Crippen LogP contribution is 2.31. The predicted molar refractivity (Wildman–Crippen MR) is 94.3 cm³/mol. The molecule has 4 nitrogen and oxygen atoms in total. The average molecular weight is 342 g/mol. The molecule has 2 aromatic rings. The SMILES string of the molecule is Cc1c(CC(=O)N(C)C)c2c(n1Cc1ccc(F)cc1)CCCC2=O. The second-order valence-electron chi connectivity index (χ2n) is 6.84. The van der Waals surface area contributed by atoms with Gasteiger partial charge in [0.2, 0.25) is 5.91 Å². The molecule has 1 heterocycles. The lowest BCUT2D eigenvalue weighted by Crippen LogP contribution is -2.24. The van der Waals surface area contributed by atoms with E-state index in [1.54, 1.807) is 31.1 Å². The lowest BCUT2D eigenvalue weighted by Gasteiger charge is -2.16. The third-order valence-corrected chi connectivity index (χ3v) is 4.93. The second kappa shape index (κ2) is 6.82. The Bertz CT molecular complexity index is 819. The first kappa shape index (κ1) is 17.4. The van der Waals surface area contributed by atoms with Crippen LogP contribution in [0, 0.1) is 12.7 Å². The van der Waals surface area contributed by atoms with Gasteiger partial charge in [-0.1, -0.05) is 12.1 Å². The predicted octanol–water partition coefficient (Wildman–Crippen LogP) is 3.13. The number of nitrogens with zero attached hydrogens (tertiary/aromatic N) is 2. The van der Waals surface area contributed by atoms with Crippen molar-refractivity contribution >= 4 is 11.7 Å². The van der Waals surface area contributed by atoms with Crippen LogP contribution < -0.4 is 0 Å². The molecule has 132 valence electrons. The lowest BCUT2D eigenvalue weighted by atomic mass is 9.92. The standard InChI is InChI=1S/C20H23FN2O2/c1-13-16(11-19(25)22(2)3)20-17(5-4-6-18(20)24)23(13)12-14-7-9-15(21)10-8-14/h7-10H,4-6,11-12H2,1-3H3. The molecular formula is C20H23FN2O2. The number of halogens is 1. The van der Waals surface area contributed by atoms with Crippen molar-refractivity contribution < 1.29 is 14.0 Å². The Morgan fingerprint density at radius 3 is 2.52 bits per heavy atom. The topological polar surface area (TPSA) is 42.3 Å². The molecule has 1 aromatic carbocycles. The van der Waals surface area contributed by atoms with Gasteiger partial charge >= 0.3 is 0 Å². The van der Waals surface area contributed by atoms with Crippen LogP contribution in [0.2, 0.25) is 0 Å². The number of rotatable bonds is 4. The summed E-state index contributed by atoms with van der Waals surface area (Å²) in [5.74, 6) is -0.144. The molecule has 0 radical (unpaired) electrons. The summed E-state index contributed by atoms with van der Waals surface area (Å²) in [5.41, 5.74) is 4.53. The highest BCUT2D eigenvalue weighted by molar-refractivity contribution is 6.01. The zero-order valence-electron chi connectivity index (χ0n) is 14.9. The van der Waals surface area contributed by atoms with Crippen molar-refractivity contribution in [3.8, 4) is 0 Å². The van der Waals surface area contributed by atoms with E-state index in [-0.39, 0.29) is 23.9 Å². The smallest absolute Gasteiger partial charge is 0.226 e. The maximum absolute atomic E-state index is 13.2. The Morgan fingerprint density at radius 2 is 1.88 bits per heavy atom. The minimum Gasteiger partial charge on any atom is -0.349 e. The number of amides is 1. The van der Waals surface area contributed by atoms with Crippen LogP contribution >= 0.6 is 0 Å². The number of hydrogen-bond donors (Lipinski definition) is 0. The molecule has 1 aromatic heterocycles. The molecule has 1 aliphatic rings. The van der Waals surface area contributed by atoms with Crippen molar-refractivity contribution in [3.63, 3.8) is 0 Å². The van der Waals surface area contributed by atoms with Crippen molar-refractivity contribution in [2.45, 2.75) is 39.2 Å². The summed E-state index contributed by atoms with van der Waals surface area (Å²) in [6.07, 6.45) is 2.44. The molecule has 5 heteroatoms. The molecule has 0 atom stereocenters. The Kier molecular flexibility index (Phi) is 4.75. The third-order valence-electron chi connectivity index (χ3n) is 4.93. The Labute approximate surface area is 147 Å². The van der Waals surface area contributed by atoms with Crippen molar-refractivity contribution in [2.75, 3.05) is 14.1 Å². The van der Waals surface area contributed by atoms with Crippen LogP contribution in [-0.4, -0.2) is 35.3 Å². The van der Waals surface area contributed by atoms with Crippen LogP contribution in [0.3, 0.4) is 0 Å². The number of aromatic nitrogens is 1. The van der Waals surface area contributed by atoms with Crippen LogP contribution in [0.5, 0.6) is 0 Å². The summed E-state index contributed by atoms with van der Waals surface area (Å²) >= 11 is 0. The fraction of sp³-hybridized carbons (Fsp3) is 0.400. The van der Waals surface area contributed by atoms with Crippen molar-refractivity contribution in [3.05, 3.63) is 58.2 Å². The van der Waals surface area contributed by atoms with Crippen LogP contribution in [0.1, 0.15) is 45.7 Å². The van der Waals surface area contributed by atoms with E-state index in [1.165, 1.54) is 12.1 Å². The van der Waals surface area contributed by atoms with E-state index < -0.39 is 0 Å².